The van der Waals surface area contributed by atoms with Gasteiger partial charge in [0.1, 0.15) is 0 Å². The molecule has 3 heteroatoms. The molecular weight excluding hydrogens is 212 g/mol. The van der Waals surface area contributed by atoms with E-state index in [9.17, 15) is 4.79 Å². The summed E-state index contributed by atoms with van der Waals surface area (Å²) in [4.78, 5) is 11.8. The molecule has 1 aliphatic heterocycles. The van der Waals surface area contributed by atoms with Crippen molar-refractivity contribution in [2.24, 2.45) is 0 Å². The minimum atomic E-state index is 0.000207. The molecule has 0 saturated carbocycles. The molecule has 0 saturated heterocycles. The van der Waals surface area contributed by atoms with Crippen LogP contribution in [-0.4, -0.2) is 19.0 Å². The van der Waals surface area contributed by atoms with E-state index in [0.29, 0.717) is 6.54 Å². The second kappa shape index (κ2) is 5.64. The molecule has 1 amide bonds. The molecule has 0 spiro atoms. The Balaban J connectivity index is 2.05. The molecule has 1 heterocycles. The van der Waals surface area contributed by atoms with Crippen LogP contribution in [0.1, 0.15) is 27.9 Å². The van der Waals surface area contributed by atoms with E-state index in [1.54, 1.807) is 6.08 Å². The van der Waals surface area contributed by atoms with Gasteiger partial charge in [-0.05, 0) is 42.6 Å². The molecule has 1 aromatic carbocycles. The monoisotopic (exact) mass is 230 g/mol. The first-order chi connectivity index (χ1) is 8.31. The van der Waals surface area contributed by atoms with Gasteiger partial charge in [0.2, 0.25) is 0 Å². The van der Waals surface area contributed by atoms with E-state index in [1.165, 1.54) is 11.1 Å². The third-order valence-corrected chi connectivity index (χ3v) is 2.99. The highest BCUT2D eigenvalue weighted by Crippen LogP contribution is 2.15. The first kappa shape index (κ1) is 11.9. The van der Waals surface area contributed by atoms with Gasteiger partial charge in [0, 0.05) is 18.7 Å². The Bertz CT molecular complexity index is 426. The van der Waals surface area contributed by atoms with Crippen molar-refractivity contribution in [1.82, 2.24) is 10.6 Å². The lowest BCUT2D eigenvalue weighted by atomic mass is 9.98. The Morgan fingerprint density at radius 2 is 2.35 bits per heavy atom. The van der Waals surface area contributed by atoms with E-state index in [2.05, 4.69) is 23.3 Å². The highest BCUT2D eigenvalue weighted by atomic mass is 16.1. The van der Waals surface area contributed by atoms with Crippen molar-refractivity contribution >= 4 is 5.91 Å². The fourth-order valence-corrected chi connectivity index (χ4v) is 2.01. The van der Waals surface area contributed by atoms with Gasteiger partial charge in [0.25, 0.3) is 5.91 Å². The standard InChI is InChI=1S/C14H18N2O/c1-2-3-7-16-14(17)12-5-4-11-6-8-15-10-13(11)9-12/h2,4-5,9,15H,1,3,6-8,10H2,(H,16,17). The van der Waals surface area contributed by atoms with Gasteiger partial charge >= 0.3 is 0 Å². The zero-order valence-electron chi connectivity index (χ0n) is 9.96. The van der Waals surface area contributed by atoms with E-state index >= 15 is 0 Å². The molecule has 2 N–H and O–H groups in total. The maximum Gasteiger partial charge on any atom is 0.251 e. The van der Waals surface area contributed by atoms with E-state index in [0.717, 1.165) is 31.5 Å². The van der Waals surface area contributed by atoms with Crippen molar-refractivity contribution in [1.29, 1.82) is 0 Å². The van der Waals surface area contributed by atoms with Crippen molar-refractivity contribution in [2.45, 2.75) is 19.4 Å². The number of hydrogen-bond acceptors (Lipinski definition) is 2. The number of nitrogens with one attached hydrogen (secondary N) is 2. The first-order valence-corrected chi connectivity index (χ1v) is 6.03. The lowest BCUT2D eigenvalue weighted by Crippen LogP contribution is -2.26. The number of carbonyl (C=O) groups is 1. The van der Waals surface area contributed by atoms with Crippen LogP contribution in [0, 0.1) is 0 Å². The second-order valence-corrected chi connectivity index (χ2v) is 4.24. The molecule has 0 bridgehead atoms. The molecule has 3 nitrogen and oxygen atoms in total. The molecule has 0 aliphatic carbocycles. The molecule has 17 heavy (non-hydrogen) atoms. The average molecular weight is 230 g/mol. The number of hydrogen-bond donors (Lipinski definition) is 2. The number of rotatable bonds is 4. The summed E-state index contributed by atoms with van der Waals surface area (Å²) in [6.07, 6.45) is 3.66. The van der Waals surface area contributed by atoms with Crippen LogP contribution in [0.15, 0.2) is 30.9 Å². The lowest BCUT2D eigenvalue weighted by molar-refractivity contribution is 0.0954. The SMILES string of the molecule is C=CCCNC(=O)c1ccc2c(c1)CNCC2. The molecule has 1 aromatic rings. The van der Waals surface area contributed by atoms with E-state index < -0.39 is 0 Å². The summed E-state index contributed by atoms with van der Waals surface area (Å²) >= 11 is 0. The van der Waals surface area contributed by atoms with Gasteiger partial charge in [0.05, 0.1) is 0 Å². The van der Waals surface area contributed by atoms with Gasteiger partial charge in [-0.15, -0.1) is 6.58 Å². The smallest absolute Gasteiger partial charge is 0.251 e. The van der Waals surface area contributed by atoms with Crippen LogP contribution in [0.4, 0.5) is 0 Å². The molecule has 1 aliphatic rings. The summed E-state index contributed by atoms with van der Waals surface area (Å²) in [5, 5.41) is 6.19. The van der Waals surface area contributed by atoms with Crippen LogP contribution in [0.3, 0.4) is 0 Å². The summed E-state index contributed by atoms with van der Waals surface area (Å²) in [6.45, 7) is 6.17. The van der Waals surface area contributed by atoms with Gasteiger partial charge in [0.15, 0.2) is 0 Å². The van der Waals surface area contributed by atoms with Crippen LogP contribution in [0.5, 0.6) is 0 Å². The van der Waals surface area contributed by atoms with Gasteiger partial charge in [-0.2, -0.15) is 0 Å². The number of benzene rings is 1. The van der Waals surface area contributed by atoms with E-state index in [4.69, 9.17) is 0 Å². The Kier molecular flexibility index (Phi) is 3.94. The Hall–Kier alpha value is -1.61. The summed E-state index contributed by atoms with van der Waals surface area (Å²) in [7, 11) is 0. The second-order valence-electron chi connectivity index (χ2n) is 4.24. The highest BCUT2D eigenvalue weighted by molar-refractivity contribution is 5.94. The quantitative estimate of drug-likeness (QED) is 0.610. The minimum absolute atomic E-state index is 0.000207. The number of fused-ring (bicyclic) bond motifs is 1. The summed E-state index contributed by atoms with van der Waals surface area (Å²) in [5.41, 5.74) is 3.34. The topological polar surface area (TPSA) is 41.1 Å². The third-order valence-electron chi connectivity index (χ3n) is 2.99. The van der Waals surface area contributed by atoms with Gasteiger partial charge in [-0.3, -0.25) is 4.79 Å². The van der Waals surface area contributed by atoms with Crippen molar-refractivity contribution in [2.75, 3.05) is 13.1 Å². The first-order valence-electron chi connectivity index (χ1n) is 6.03. The predicted molar refractivity (Wildman–Crippen MR) is 69.0 cm³/mol. The number of carbonyl (C=O) groups excluding carboxylic acids is 1. The molecule has 0 unspecified atom stereocenters. The van der Waals surface area contributed by atoms with Crippen molar-refractivity contribution in [3.8, 4) is 0 Å². The van der Waals surface area contributed by atoms with Gasteiger partial charge in [-0.1, -0.05) is 12.1 Å². The summed E-state index contributed by atoms with van der Waals surface area (Å²) < 4.78 is 0. The Labute approximate surface area is 102 Å². The molecule has 0 radical (unpaired) electrons. The van der Waals surface area contributed by atoms with Crippen LogP contribution < -0.4 is 10.6 Å². The van der Waals surface area contributed by atoms with Crippen LogP contribution in [0.2, 0.25) is 0 Å². The molecular formula is C14H18N2O. The number of amides is 1. The molecule has 90 valence electrons. The lowest BCUT2D eigenvalue weighted by Gasteiger charge is -2.17. The van der Waals surface area contributed by atoms with Crippen molar-refractivity contribution < 1.29 is 4.79 Å². The fourth-order valence-electron chi connectivity index (χ4n) is 2.01. The third kappa shape index (κ3) is 2.94. The average Bonchev–Trinajstić information content (AvgIpc) is 2.38. The maximum absolute atomic E-state index is 11.8. The largest absolute Gasteiger partial charge is 0.352 e. The van der Waals surface area contributed by atoms with Crippen LogP contribution in [0.25, 0.3) is 0 Å². The van der Waals surface area contributed by atoms with Crippen molar-refractivity contribution in [3.63, 3.8) is 0 Å². The normalized spacial score (nSPS) is 13.9. The van der Waals surface area contributed by atoms with Crippen LogP contribution in [-0.2, 0) is 13.0 Å². The minimum Gasteiger partial charge on any atom is -0.352 e. The summed E-state index contributed by atoms with van der Waals surface area (Å²) in [5.74, 6) is 0.000207. The molecule has 0 fully saturated rings. The van der Waals surface area contributed by atoms with E-state index in [1.807, 2.05) is 12.1 Å². The fraction of sp³-hybridized carbons (Fsp3) is 0.357. The zero-order chi connectivity index (χ0) is 12.1. The van der Waals surface area contributed by atoms with Crippen LogP contribution >= 0.6 is 0 Å². The molecule has 2 rings (SSSR count). The van der Waals surface area contributed by atoms with E-state index in [-0.39, 0.29) is 5.91 Å². The predicted octanol–water partition coefficient (Wildman–Crippen LogP) is 1.64. The Morgan fingerprint density at radius 1 is 1.47 bits per heavy atom. The maximum atomic E-state index is 11.8. The highest BCUT2D eigenvalue weighted by Gasteiger charge is 2.11. The summed E-state index contributed by atoms with van der Waals surface area (Å²) in [6, 6.07) is 5.97. The van der Waals surface area contributed by atoms with Crippen molar-refractivity contribution in [3.05, 3.63) is 47.5 Å². The molecule has 0 aromatic heterocycles. The van der Waals surface area contributed by atoms with Gasteiger partial charge < -0.3 is 10.6 Å². The molecule has 0 atom stereocenters. The van der Waals surface area contributed by atoms with Gasteiger partial charge in [-0.25, -0.2) is 0 Å². The Morgan fingerprint density at radius 3 is 3.18 bits per heavy atom. The zero-order valence-corrected chi connectivity index (χ0v) is 9.96.